The molecular formula is C6H9N3O. The standard InChI is InChI=1S/C6H9N3O/c7-6-1-3-9(4-2-6)5(10)8-6/h1,3H,2,4,7H2,(H,8,10). The predicted molar refractivity (Wildman–Crippen MR) is 35.9 cm³/mol. The van der Waals surface area contributed by atoms with E-state index in [4.69, 9.17) is 5.73 Å². The Balaban J connectivity index is 2.36. The Morgan fingerprint density at radius 1 is 1.80 bits per heavy atom. The van der Waals surface area contributed by atoms with E-state index < -0.39 is 5.66 Å². The highest BCUT2D eigenvalue weighted by atomic mass is 16.2. The molecule has 3 aliphatic heterocycles. The molecule has 0 aromatic heterocycles. The van der Waals surface area contributed by atoms with Crippen molar-refractivity contribution in [2.75, 3.05) is 6.54 Å². The zero-order chi connectivity index (χ0) is 7.19. The Bertz CT molecular complexity index is 213. The van der Waals surface area contributed by atoms with Crippen LogP contribution in [0.3, 0.4) is 0 Å². The van der Waals surface area contributed by atoms with Gasteiger partial charge in [0.05, 0.1) is 0 Å². The van der Waals surface area contributed by atoms with Gasteiger partial charge in [0.2, 0.25) is 0 Å². The highest BCUT2D eigenvalue weighted by molar-refractivity contribution is 5.78. The number of fused-ring (bicyclic) bond motifs is 2. The average Bonchev–Trinajstić information content (AvgIpc) is 1.87. The maximum absolute atomic E-state index is 10.9. The van der Waals surface area contributed by atoms with E-state index >= 15 is 0 Å². The number of hydrogen-bond donors (Lipinski definition) is 2. The van der Waals surface area contributed by atoms with Crippen LogP contribution < -0.4 is 11.1 Å². The van der Waals surface area contributed by atoms with Gasteiger partial charge in [0.25, 0.3) is 0 Å². The minimum Gasteiger partial charge on any atom is -0.316 e. The smallest absolute Gasteiger partial charge is 0.316 e. The van der Waals surface area contributed by atoms with E-state index in [0.717, 1.165) is 13.0 Å². The first-order chi connectivity index (χ1) is 4.70. The second-order valence-corrected chi connectivity index (χ2v) is 2.73. The molecule has 2 bridgehead atoms. The Morgan fingerprint density at radius 2 is 2.60 bits per heavy atom. The SMILES string of the molecule is NC12C=CN(CC1)C(=O)N2. The molecule has 2 amide bonds. The molecule has 1 unspecified atom stereocenters. The number of amides is 2. The van der Waals surface area contributed by atoms with Crippen molar-refractivity contribution in [3.63, 3.8) is 0 Å². The molecule has 0 aromatic rings. The van der Waals surface area contributed by atoms with Crippen LogP contribution in [0.2, 0.25) is 0 Å². The van der Waals surface area contributed by atoms with Crippen LogP contribution in [0.4, 0.5) is 4.79 Å². The maximum atomic E-state index is 10.9. The molecule has 0 radical (unpaired) electrons. The number of carbonyl (C=O) groups excluding carboxylic acids is 1. The van der Waals surface area contributed by atoms with Gasteiger partial charge in [-0.1, -0.05) is 0 Å². The first kappa shape index (κ1) is 5.73. The summed E-state index contributed by atoms with van der Waals surface area (Å²) in [6, 6.07) is -0.0868. The first-order valence-electron chi connectivity index (χ1n) is 3.27. The van der Waals surface area contributed by atoms with Gasteiger partial charge < -0.3 is 16.0 Å². The van der Waals surface area contributed by atoms with Crippen LogP contribution >= 0.6 is 0 Å². The Hall–Kier alpha value is -1.03. The quantitative estimate of drug-likeness (QED) is 0.479. The molecule has 0 saturated carbocycles. The van der Waals surface area contributed by atoms with Crippen molar-refractivity contribution in [1.29, 1.82) is 0 Å². The number of rotatable bonds is 0. The fourth-order valence-electron chi connectivity index (χ4n) is 1.23. The summed E-state index contributed by atoms with van der Waals surface area (Å²) in [7, 11) is 0. The summed E-state index contributed by atoms with van der Waals surface area (Å²) in [4.78, 5) is 12.6. The van der Waals surface area contributed by atoms with E-state index in [0.29, 0.717) is 0 Å². The molecule has 0 spiro atoms. The molecule has 0 aromatic carbocycles. The monoisotopic (exact) mass is 139 g/mol. The fraction of sp³-hybridized carbons (Fsp3) is 0.500. The summed E-state index contributed by atoms with van der Waals surface area (Å²) in [5.74, 6) is 0. The highest BCUT2D eigenvalue weighted by Gasteiger charge is 2.35. The third kappa shape index (κ3) is 0.623. The molecule has 4 heteroatoms. The Labute approximate surface area is 58.7 Å². The lowest BCUT2D eigenvalue weighted by atomic mass is 10.0. The molecular weight excluding hydrogens is 130 g/mol. The van der Waals surface area contributed by atoms with Crippen LogP contribution in [-0.4, -0.2) is 23.1 Å². The molecule has 3 N–H and O–H groups in total. The zero-order valence-electron chi connectivity index (χ0n) is 5.50. The number of nitrogens with zero attached hydrogens (tertiary/aromatic N) is 1. The fourth-order valence-corrected chi connectivity index (χ4v) is 1.23. The summed E-state index contributed by atoms with van der Waals surface area (Å²) in [6.45, 7) is 0.735. The number of hydrogen-bond acceptors (Lipinski definition) is 2. The lowest BCUT2D eigenvalue weighted by Crippen LogP contribution is -2.65. The lowest BCUT2D eigenvalue weighted by molar-refractivity contribution is 0.171. The van der Waals surface area contributed by atoms with E-state index in [1.54, 1.807) is 11.1 Å². The van der Waals surface area contributed by atoms with Crippen LogP contribution in [0.5, 0.6) is 0 Å². The van der Waals surface area contributed by atoms with Crippen LogP contribution in [0.1, 0.15) is 6.42 Å². The van der Waals surface area contributed by atoms with Crippen molar-refractivity contribution >= 4 is 6.03 Å². The molecule has 3 rings (SSSR count). The van der Waals surface area contributed by atoms with E-state index in [2.05, 4.69) is 5.32 Å². The van der Waals surface area contributed by atoms with Crippen molar-refractivity contribution in [2.45, 2.75) is 12.1 Å². The van der Waals surface area contributed by atoms with Gasteiger partial charge >= 0.3 is 6.03 Å². The van der Waals surface area contributed by atoms with Crippen LogP contribution in [0.15, 0.2) is 12.3 Å². The third-order valence-corrected chi connectivity index (χ3v) is 1.92. The van der Waals surface area contributed by atoms with Crippen molar-refractivity contribution < 1.29 is 4.79 Å². The van der Waals surface area contributed by atoms with Gasteiger partial charge in [-0.2, -0.15) is 0 Å². The van der Waals surface area contributed by atoms with Crippen molar-refractivity contribution in [3.8, 4) is 0 Å². The zero-order valence-corrected chi connectivity index (χ0v) is 5.50. The van der Waals surface area contributed by atoms with Gasteiger partial charge in [-0.25, -0.2) is 4.79 Å². The van der Waals surface area contributed by atoms with E-state index in [-0.39, 0.29) is 6.03 Å². The van der Waals surface area contributed by atoms with Crippen molar-refractivity contribution in [2.24, 2.45) is 5.73 Å². The first-order valence-corrected chi connectivity index (χ1v) is 3.27. The van der Waals surface area contributed by atoms with Gasteiger partial charge in [-0.3, -0.25) is 0 Å². The van der Waals surface area contributed by atoms with Crippen LogP contribution in [0.25, 0.3) is 0 Å². The predicted octanol–water partition coefficient (Wildman–Crippen LogP) is -0.416. The average molecular weight is 139 g/mol. The van der Waals surface area contributed by atoms with Gasteiger partial charge in [0, 0.05) is 19.2 Å². The molecule has 4 nitrogen and oxygen atoms in total. The molecule has 1 atom stereocenters. The summed E-state index contributed by atoms with van der Waals surface area (Å²) in [6.07, 6.45) is 4.36. The van der Waals surface area contributed by atoms with Crippen molar-refractivity contribution in [1.82, 2.24) is 10.2 Å². The van der Waals surface area contributed by atoms with E-state index in [1.807, 2.05) is 6.08 Å². The summed E-state index contributed by atoms with van der Waals surface area (Å²) < 4.78 is 0. The largest absolute Gasteiger partial charge is 0.323 e. The number of carbonyl (C=O) groups is 1. The van der Waals surface area contributed by atoms with Gasteiger partial charge in [-0.15, -0.1) is 0 Å². The summed E-state index contributed by atoms with van der Waals surface area (Å²) in [5.41, 5.74) is 5.18. The van der Waals surface area contributed by atoms with Gasteiger partial charge in [0.1, 0.15) is 5.66 Å². The van der Waals surface area contributed by atoms with E-state index in [9.17, 15) is 4.79 Å². The normalized spacial score (nSPS) is 36.5. The molecule has 54 valence electrons. The number of nitrogens with one attached hydrogen (secondary N) is 1. The Kier molecular flexibility index (Phi) is 0.870. The van der Waals surface area contributed by atoms with Crippen molar-refractivity contribution in [3.05, 3.63) is 12.3 Å². The number of nitrogens with two attached hydrogens (primary N) is 1. The molecule has 10 heavy (non-hydrogen) atoms. The molecule has 1 fully saturated rings. The van der Waals surface area contributed by atoms with Crippen LogP contribution in [-0.2, 0) is 0 Å². The topological polar surface area (TPSA) is 58.4 Å². The maximum Gasteiger partial charge on any atom is 0.323 e. The van der Waals surface area contributed by atoms with Gasteiger partial charge in [0.15, 0.2) is 0 Å². The van der Waals surface area contributed by atoms with Crippen LogP contribution in [0, 0.1) is 0 Å². The minimum atomic E-state index is -0.564. The molecule has 1 saturated heterocycles. The number of urea groups is 1. The summed E-state index contributed by atoms with van der Waals surface area (Å²) in [5, 5.41) is 2.67. The highest BCUT2D eigenvalue weighted by Crippen LogP contribution is 2.19. The third-order valence-electron chi connectivity index (χ3n) is 1.92. The Morgan fingerprint density at radius 3 is 2.90 bits per heavy atom. The lowest BCUT2D eigenvalue weighted by Gasteiger charge is -2.41. The second-order valence-electron chi connectivity index (χ2n) is 2.73. The van der Waals surface area contributed by atoms with E-state index in [1.165, 1.54) is 0 Å². The second kappa shape index (κ2) is 1.52. The minimum absolute atomic E-state index is 0.0868. The molecule has 3 heterocycles. The van der Waals surface area contributed by atoms with Gasteiger partial charge in [-0.05, 0) is 6.08 Å². The molecule has 0 aliphatic carbocycles. The summed E-state index contributed by atoms with van der Waals surface area (Å²) >= 11 is 0. The molecule has 3 aliphatic rings.